The molecule has 0 amide bonds. The molecule has 7 heteroatoms. The first-order chi connectivity index (χ1) is 12.0. The van der Waals surface area contributed by atoms with E-state index >= 15 is 0 Å². The molecule has 1 N–H and O–H groups in total. The molecule has 0 aliphatic carbocycles. The fourth-order valence-electron chi connectivity index (χ4n) is 2.99. The summed E-state index contributed by atoms with van der Waals surface area (Å²) in [4.78, 5) is 11.7. The first-order valence-corrected chi connectivity index (χ1v) is 9.37. The summed E-state index contributed by atoms with van der Waals surface area (Å²) in [5.74, 6) is -0.0436. The second-order valence-corrected chi connectivity index (χ2v) is 7.39. The fourth-order valence-corrected chi connectivity index (χ4v) is 4.04. The number of halogens is 3. The minimum Gasteiger partial charge on any atom is -0.435 e. The number of benzene rings is 2. The Bertz CT molecular complexity index is 800. The third-order valence-electron chi connectivity index (χ3n) is 3.96. The van der Waals surface area contributed by atoms with E-state index in [1.165, 1.54) is 0 Å². The van der Waals surface area contributed by atoms with Crippen molar-refractivity contribution < 1.29 is 14.3 Å². The number of hydrogen-bond donors (Lipinski definition) is 1. The molecule has 0 saturated heterocycles. The number of carbonyl (C=O) groups excluding carboxylic acids is 1. The summed E-state index contributed by atoms with van der Waals surface area (Å²) in [5, 5.41) is 4.27. The Hall–Kier alpha value is -1.43. The summed E-state index contributed by atoms with van der Waals surface area (Å²) in [6, 6.07) is 11.5. The smallest absolute Gasteiger partial charge is 0.435 e. The zero-order chi connectivity index (χ0) is 18.0. The Labute approximate surface area is 164 Å². The molecule has 0 saturated carbocycles. The summed E-state index contributed by atoms with van der Waals surface area (Å²) in [6.07, 6.45) is -0.710. The average molecular weight is 445 g/mol. The van der Waals surface area contributed by atoms with Crippen molar-refractivity contribution in [2.75, 3.05) is 11.9 Å². The molecule has 0 bridgehead atoms. The van der Waals surface area contributed by atoms with Gasteiger partial charge in [-0.3, -0.25) is 0 Å². The molecular weight excluding hydrogens is 429 g/mol. The molecule has 2 aromatic rings. The van der Waals surface area contributed by atoms with E-state index in [4.69, 9.17) is 32.7 Å². The normalized spacial score (nSPS) is 18.9. The number of anilines is 1. The Balaban J connectivity index is 1.99. The third kappa shape index (κ3) is 4.22. The highest BCUT2D eigenvalue weighted by molar-refractivity contribution is 9.10. The number of carbonyl (C=O) groups is 1. The summed E-state index contributed by atoms with van der Waals surface area (Å²) in [5.41, 5.74) is 2.76. The van der Waals surface area contributed by atoms with E-state index in [0.717, 1.165) is 21.3 Å². The first kappa shape index (κ1) is 18.4. The lowest BCUT2D eigenvalue weighted by Crippen LogP contribution is -2.33. The van der Waals surface area contributed by atoms with E-state index < -0.39 is 12.4 Å². The minimum absolute atomic E-state index is 0.0436. The fraction of sp³-hybridized carbons (Fsp3) is 0.278. The van der Waals surface area contributed by atoms with Gasteiger partial charge in [-0.25, -0.2) is 4.79 Å². The molecule has 2 aromatic carbocycles. The maximum atomic E-state index is 11.7. The molecule has 25 heavy (non-hydrogen) atoms. The van der Waals surface area contributed by atoms with Crippen molar-refractivity contribution in [1.29, 1.82) is 0 Å². The van der Waals surface area contributed by atoms with Crippen molar-refractivity contribution >= 4 is 51.0 Å². The molecule has 0 radical (unpaired) electrons. The monoisotopic (exact) mass is 443 g/mol. The molecule has 1 aliphatic heterocycles. The lowest BCUT2D eigenvalue weighted by molar-refractivity contribution is 0.0302. The van der Waals surface area contributed by atoms with Gasteiger partial charge in [-0.15, -0.1) is 0 Å². The Morgan fingerprint density at radius 3 is 2.84 bits per heavy atom. The van der Waals surface area contributed by atoms with Crippen LogP contribution in [-0.2, 0) is 9.47 Å². The summed E-state index contributed by atoms with van der Waals surface area (Å²) >= 11 is 16.1. The maximum absolute atomic E-state index is 11.7. The minimum atomic E-state index is -0.704. The highest BCUT2D eigenvalue weighted by atomic mass is 79.9. The second-order valence-electron chi connectivity index (χ2n) is 5.63. The lowest BCUT2D eigenvalue weighted by Gasteiger charge is -2.33. The Morgan fingerprint density at radius 1 is 1.32 bits per heavy atom. The van der Waals surface area contributed by atoms with Crippen molar-refractivity contribution in [2.24, 2.45) is 0 Å². The maximum Gasteiger partial charge on any atom is 0.510 e. The van der Waals surface area contributed by atoms with Gasteiger partial charge in [0.05, 0.1) is 6.61 Å². The topological polar surface area (TPSA) is 47.6 Å². The van der Waals surface area contributed by atoms with Crippen LogP contribution in [0.2, 0.25) is 10.0 Å². The van der Waals surface area contributed by atoms with Crippen LogP contribution in [0.5, 0.6) is 0 Å². The first-order valence-electron chi connectivity index (χ1n) is 7.82. The highest BCUT2D eigenvalue weighted by Gasteiger charge is 2.32. The van der Waals surface area contributed by atoms with Gasteiger partial charge in [0.25, 0.3) is 0 Å². The number of rotatable bonds is 3. The van der Waals surface area contributed by atoms with Crippen LogP contribution in [0.25, 0.3) is 0 Å². The van der Waals surface area contributed by atoms with Gasteiger partial charge in [0.1, 0.15) is 0 Å². The number of hydrogen-bond acceptors (Lipinski definition) is 4. The number of nitrogens with one attached hydrogen (secondary N) is 1. The lowest BCUT2D eigenvalue weighted by atomic mass is 9.84. The quantitative estimate of drug-likeness (QED) is 0.572. The Kier molecular flexibility index (Phi) is 5.77. The highest BCUT2D eigenvalue weighted by Crippen LogP contribution is 2.44. The SMILES string of the molecule is CCOC(=O)OC1CC(c2cccc(Br)c2)c2c(Cl)cc(Cl)cc2N1. The molecule has 4 nitrogen and oxygen atoms in total. The van der Waals surface area contributed by atoms with Crippen molar-refractivity contribution in [2.45, 2.75) is 25.5 Å². The van der Waals surface area contributed by atoms with Crippen molar-refractivity contribution in [3.8, 4) is 0 Å². The van der Waals surface area contributed by atoms with Crippen LogP contribution < -0.4 is 5.32 Å². The third-order valence-corrected chi connectivity index (χ3v) is 4.98. The molecule has 0 fully saturated rings. The van der Waals surface area contributed by atoms with Crippen LogP contribution in [0.1, 0.15) is 30.4 Å². The van der Waals surface area contributed by atoms with Crippen LogP contribution >= 0.6 is 39.1 Å². The number of ether oxygens (including phenoxy) is 2. The van der Waals surface area contributed by atoms with Crippen LogP contribution in [0.15, 0.2) is 40.9 Å². The van der Waals surface area contributed by atoms with Gasteiger partial charge in [-0.1, -0.05) is 51.3 Å². The van der Waals surface area contributed by atoms with Crippen molar-refractivity contribution in [3.63, 3.8) is 0 Å². The van der Waals surface area contributed by atoms with Crippen molar-refractivity contribution in [3.05, 3.63) is 62.0 Å². The largest absolute Gasteiger partial charge is 0.510 e. The molecule has 1 heterocycles. The molecule has 3 rings (SSSR count). The van der Waals surface area contributed by atoms with Crippen LogP contribution in [-0.4, -0.2) is 19.0 Å². The molecule has 2 unspecified atom stereocenters. The van der Waals surface area contributed by atoms with Gasteiger partial charge in [0.15, 0.2) is 6.23 Å². The average Bonchev–Trinajstić information content (AvgIpc) is 2.53. The van der Waals surface area contributed by atoms with Gasteiger partial charge in [-0.05, 0) is 36.8 Å². The van der Waals surface area contributed by atoms with E-state index in [1.807, 2.05) is 24.3 Å². The summed E-state index contributed by atoms with van der Waals surface area (Å²) in [7, 11) is 0. The van der Waals surface area contributed by atoms with E-state index in [9.17, 15) is 4.79 Å². The van der Waals surface area contributed by atoms with Gasteiger partial charge in [0.2, 0.25) is 0 Å². The van der Waals surface area contributed by atoms with Crippen LogP contribution in [0.4, 0.5) is 10.5 Å². The van der Waals surface area contributed by atoms with Crippen LogP contribution in [0, 0.1) is 0 Å². The molecule has 0 spiro atoms. The van der Waals surface area contributed by atoms with E-state index in [2.05, 4.69) is 21.2 Å². The number of fused-ring (bicyclic) bond motifs is 1. The van der Waals surface area contributed by atoms with Gasteiger partial charge in [-0.2, -0.15) is 0 Å². The standard InChI is InChI=1S/C18H16BrCl2NO3/c1-2-24-18(23)25-16-9-13(10-4-3-5-11(19)6-10)17-14(21)7-12(20)8-15(17)22-16/h3-8,13,16,22H,2,9H2,1H3. The van der Waals surface area contributed by atoms with E-state index in [1.54, 1.807) is 19.1 Å². The molecule has 2 atom stereocenters. The molecular formula is C18H16BrCl2NO3. The predicted molar refractivity (Wildman–Crippen MR) is 103 cm³/mol. The molecule has 132 valence electrons. The van der Waals surface area contributed by atoms with Crippen molar-refractivity contribution in [1.82, 2.24) is 0 Å². The second kappa shape index (κ2) is 7.85. The van der Waals surface area contributed by atoms with E-state index in [0.29, 0.717) is 16.5 Å². The van der Waals surface area contributed by atoms with Gasteiger partial charge in [0, 0.05) is 38.1 Å². The van der Waals surface area contributed by atoms with E-state index in [-0.39, 0.29) is 12.5 Å². The van der Waals surface area contributed by atoms with Gasteiger partial charge >= 0.3 is 6.16 Å². The predicted octanol–water partition coefficient (Wildman–Crippen LogP) is 6.20. The zero-order valence-electron chi connectivity index (χ0n) is 13.4. The summed E-state index contributed by atoms with van der Waals surface area (Å²) in [6.45, 7) is 1.99. The summed E-state index contributed by atoms with van der Waals surface area (Å²) < 4.78 is 11.2. The molecule has 0 aromatic heterocycles. The van der Waals surface area contributed by atoms with Crippen LogP contribution in [0.3, 0.4) is 0 Å². The molecule has 1 aliphatic rings. The Morgan fingerprint density at radius 2 is 2.12 bits per heavy atom. The zero-order valence-corrected chi connectivity index (χ0v) is 16.5. The van der Waals surface area contributed by atoms with Gasteiger partial charge < -0.3 is 14.8 Å².